The van der Waals surface area contributed by atoms with Crippen molar-refractivity contribution in [3.05, 3.63) is 76.6 Å². The van der Waals surface area contributed by atoms with Crippen LogP contribution in [0.25, 0.3) is 0 Å². The molecule has 30 heavy (non-hydrogen) atoms. The van der Waals surface area contributed by atoms with Gasteiger partial charge in [-0.25, -0.2) is 4.68 Å². The van der Waals surface area contributed by atoms with Crippen molar-refractivity contribution in [2.75, 3.05) is 13.1 Å². The molecule has 2 aromatic carbocycles. The third-order valence-electron chi connectivity index (χ3n) is 5.91. The Balaban J connectivity index is 1.60. The number of aryl methyl sites for hydroxylation is 2. The number of carbonyl (C=O) groups excluding carboxylic acids is 1. The van der Waals surface area contributed by atoms with Crippen molar-refractivity contribution in [1.82, 2.24) is 20.2 Å². The lowest BCUT2D eigenvalue weighted by atomic mass is 9.93. The molecule has 0 aliphatic carbocycles. The predicted octanol–water partition coefficient (Wildman–Crippen LogP) is 1.44. The zero-order valence-electron chi connectivity index (χ0n) is 16.7. The quantitative estimate of drug-likeness (QED) is 0.599. The number of tetrazole rings is 1. The van der Waals surface area contributed by atoms with E-state index in [9.17, 15) is 4.79 Å². The van der Waals surface area contributed by atoms with E-state index in [1.165, 1.54) is 10.5 Å². The minimum Gasteiger partial charge on any atom is -0.369 e. The van der Waals surface area contributed by atoms with Gasteiger partial charge in [0, 0.05) is 35.9 Å². The van der Waals surface area contributed by atoms with Crippen molar-refractivity contribution < 1.29 is 9.69 Å². The van der Waals surface area contributed by atoms with Crippen molar-refractivity contribution in [3.63, 3.8) is 0 Å². The predicted molar refractivity (Wildman–Crippen MR) is 114 cm³/mol. The summed E-state index contributed by atoms with van der Waals surface area (Å²) < 4.78 is 1.90. The number of halogens is 1. The summed E-state index contributed by atoms with van der Waals surface area (Å²) in [6, 6.07) is 18.2. The summed E-state index contributed by atoms with van der Waals surface area (Å²) in [6.45, 7) is 2.38. The third-order valence-corrected chi connectivity index (χ3v) is 6.17. The number of nitrogens with zero attached hydrogens (tertiary/aromatic N) is 4. The number of aromatic nitrogens is 4. The van der Waals surface area contributed by atoms with E-state index in [-0.39, 0.29) is 17.9 Å². The molecule has 0 bridgehead atoms. The molecule has 0 saturated carbocycles. The third kappa shape index (κ3) is 4.68. The van der Waals surface area contributed by atoms with Crippen molar-refractivity contribution in [2.24, 2.45) is 11.7 Å². The maximum Gasteiger partial charge on any atom is 0.220 e. The molecule has 1 aliphatic rings. The van der Waals surface area contributed by atoms with Gasteiger partial charge in [0.25, 0.3) is 0 Å². The fourth-order valence-corrected chi connectivity index (χ4v) is 4.37. The molecule has 0 unspecified atom stereocenters. The zero-order valence-corrected chi connectivity index (χ0v) is 17.5. The monoisotopic (exact) mass is 425 g/mol. The maximum absolute atomic E-state index is 11.6. The van der Waals surface area contributed by atoms with E-state index < -0.39 is 0 Å². The van der Waals surface area contributed by atoms with E-state index in [0.717, 1.165) is 43.7 Å². The molecule has 8 heteroatoms. The van der Waals surface area contributed by atoms with Gasteiger partial charge in [-0.3, -0.25) is 4.79 Å². The average molecular weight is 426 g/mol. The lowest BCUT2D eigenvalue weighted by Crippen LogP contribution is -3.13. The average Bonchev–Trinajstić information content (AvgIpc) is 3.23. The van der Waals surface area contributed by atoms with Crippen LogP contribution < -0.4 is 10.6 Å². The molecule has 1 atom stereocenters. The summed E-state index contributed by atoms with van der Waals surface area (Å²) in [4.78, 5) is 12.9. The Morgan fingerprint density at radius 3 is 2.50 bits per heavy atom. The van der Waals surface area contributed by atoms with Gasteiger partial charge in [-0.15, -0.1) is 5.10 Å². The molecule has 7 nitrogen and oxygen atoms in total. The van der Waals surface area contributed by atoms with Crippen LogP contribution in [0.5, 0.6) is 0 Å². The maximum atomic E-state index is 11.6. The standard InChI is InChI=1S/C22H25ClN6O/c23-19-8-6-17(7-9-19)20(28-13-11-18(12-14-28)21(24)30)22-25-26-27-29(22)15-10-16-4-2-1-3-5-16/h1-9,18,20H,10-15H2,(H2,24,30)/p+1/t20-/m0/s1. The molecule has 3 aromatic rings. The number of piperidine rings is 1. The van der Waals surface area contributed by atoms with E-state index in [2.05, 4.69) is 27.7 Å². The Morgan fingerprint density at radius 2 is 1.83 bits per heavy atom. The molecule has 0 spiro atoms. The number of rotatable bonds is 7. The van der Waals surface area contributed by atoms with Crippen LogP contribution in [-0.4, -0.2) is 39.2 Å². The summed E-state index contributed by atoms with van der Waals surface area (Å²) in [5.74, 6) is 0.583. The zero-order chi connectivity index (χ0) is 20.9. The fraction of sp³-hybridized carbons (Fsp3) is 0.364. The van der Waals surface area contributed by atoms with Crippen LogP contribution >= 0.6 is 11.6 Å². The number of carbonyl (C=O) groups is 1. The van der Waals surface area contributed by atoms with Crippen LogP contribution in [0.15, 0.2) is 54.6 Å². The SMILES string of the molecule is NC(=O)C1CC[NH+]([C@@H](c2ccc(Cl)cc2)c2nnnn2CCc2ccccc2)CC1. The van der Waals surface area contributed by atoms with Crippen LogP contribution in [-0.2, 0) is 17.8 Å². The second kappa shape index (κ2) is 9.36. The van der Waals surface area contributed by atoms with E-state index >= 15 is 0 Å². The molecule has 1 saturated heterocycles. The first kappa shape index (κ1) is 20.5. The number of nitrogens with one attached hydrogen (secondary N) is 1. The summed E-state index contributed by atoms with van der Waals surface area (Å²) >= 11 is 6.13. The van der Waals surface area contributed by atoms with Crippen molar-refractivity contribution in [1.29, 1.82) is 0 Å². The van der Waals surface area contributed by atoms with Crippen LogP contribution in [0.1, 0.15) is 35.8 Å². The number of primary amides is 1. The summed E-state index contributed by atoms with van der Waals surface area (Å²) in [5, 5.41) is 13.4. The van der Waals surface area contributed by atoms with E-state index in [0.29, 0.717) is 11.6 Å². The molecule has 0 radical (unpaired) electrons. The number of quaternary nitrogens is 1. The lowest BCUT2D eigenvalue weighted by molar-refractivity contribution is -0.931. The van der Waals surface area contributed by atoms with E-state index in [1.54, 1.807) is 0 Å². The van der Waals surface area contributed by atoms with Gasteiger partial charge in [0.05, 0.1) is 13.1 Å². The van der Waals surface area contributed by atoms with Gasteiger partial charge in [-0.05, 0) is 34.5 Å². The lowest BCUT2D eigenvalue weighted by Gasteiger charge is -2.33. The molecule has 1 amide bonds. The Labute approximate surface area is 180 Å². The van der Waals surface area contributed by atoms with E-state index in [1.807, 2.05) is 47.1 Å². The first-order valence-corrected chi connectivity index (χ1v) is 10.7. The molecule has 3 N–H and O–H groups in total. The summed E-state index contributed by atoms with van der Waals surface area (Å²) in [7, 11) is 0. The largest absolute Gasteiger partial charge is 0.369 e. The van der Waals surface area contributed by atoms with Gasteiger partial charge in [0.15, 0.2) is 6.04 Å². The molecule has 4 rings (SSSR count). The van der Waals surface area contributed by atoms with Crippen LogP contribution in [0.3, 0.4) is 0 Å². The first-order valence-electron chi connectivity index (χ1n) is 10.3. The number of benzene rings is 2. The molecule has 1 aliphatic heterocycles. The highest BCUT2D eigenvalue weighted by Gasteiger charge is 2.35. The van der Waals surface area contributed by atoms with Crippen LogP contribution in [0, 0.1) is 5.92 Å². The highest BCUT2D eigenvalue weighted by atomic mass is 35.5. The van der Waals surface area contributed by atoms with Gasteiger partial charge in [0.1, 0.15) is 0 Å². The first-order chi connectivity index (χ1) is 14.6. The molecular weight excluding hydrogens is 400 g/mol. The van der Waals surface area contributed by atoms with Crippen molar-refractivity contribution in [3.8, 4) is 0 Å². The van der Waals surface area contributed by atoms with Gasteiger partial charge in [0.2, 0.25) is 11.7 Å². The minimum atomic E-state index is -0.204. The van der Waals surface area contributed by atoms with Gasteiger partial charge < -0.3 is 10.6 Å². The summed E-state index contributed by atoms with van der Waals surface area (Å²) in [6.07, 6.45) is 2.41. The highest BCUT2D eigenvalue weighted by molar-refractivity contribution is 6.30. The Hall–Kier alpha value is -2.77. The number of hydrogen-bond donors (Lipinski definition) is 2. The van der Waals surface area contributed by atoms with Gasteiger partial charge in [-0.1, -0.05) is 54.1 Å². The van der Waals surface area contributed by atoms with Gasteiger partial charge >= 0.3 is 0 Å². The molecular formula is C22H26ClN6O+. The Morgan fingerprint density at radius 1 is 1.13 bits per heavy atom. The smallest absolute Gasteiger partial charge is 0.220 e. The summed E-state index contributed by atoms with van der Waals surface area (Å²) in [5.41, 5.74) is 7.89. The van der Waals surface area contributed by atoms with Crippen LogP contribution in [0.2, 0.25) is 5.02 Å². The van der Waals surface area contributed by atoms with Crippen molar-refractivity contribution in [2.45, 2.75) is 31.8 Å². The highest BCUT2D eigenvalue weighted by Crippen LogP contribution is 2.21. The van der Waals surface area contributed by atoms with Crippen LogP contribution in [0.4, 0.5) is 0 Å². The number of amides is 1. The number of hydrogen-bond acceptors (Lipinski definition) is 4. The normalized spacial score (nSPS) is 20.0. The Kier molecular flexibility index (Phi) is 6.40. The molecule has 1 aromatic heterocycles. The second-order valence-corrected chi connectivity index (χ2v) is 8.25. The van der Waals surface area contributed by atoms with E-state index in [4.69, 9.17) is 17.3 Å². The number of likely N-dealkylation sites (tertiary alicyclic amines) is 1. The second-order valence-electron chi connectivity index (χ2n) is 7.82. The fourth-order valence-electron chi connectivity index (χ4n) is 4.24. The molecule has 156 valence electrons. The topological polar surface area (TPSA) is 91.1 Å². The minimum absolute atomic E-state index is 0.0260. The van der Waals surface area contributed by atoms with Gasteiger partial charge in [-0.2, -0.15) is 0 Å². The molecule has 2 heterocycles. The van der Waals surface area contributed by atoms with Crippen molar-refractivity contribution >= 4 is 17.5 Å². The Bertz CT molecular complexity index is 967. The molecule has 1 fully saturated rings. The number of nitrogens with two attached hydrogens (primary N) is 1.